The van der Waals surface area contributed by atoms with E-state index in [1.807, 2.05) is 74.5 Å². The van der Waals surface area contributed by atoms with Crippen LogP contribution in [-0.4, -0.2) is 32.3 Å². The Morgan fingerprint density at radius 1 is 0.634 bits per heavy atom. The number of aryl methyl sites for hydroxylation is 2. The van der Waals surface area contributed by atoms with Gasteiger partial charge in [0, 0.05) is 0 Å². The Balaban J connectivity index is 1.84. The molecule has 0 N–H and O–H groups in total. The first-order valence-electron chi connectivity index (χ1n) is 13.5. The highest BCUT2D eigenvalue weighted by Gasteiger charge is 2.59. The molecule has 1 aliphatic heterocycles. The van der Waals surface area contributed by atoms with Crippen molar-refractivity contribution in [2.24, 2.45) is 0 Å². The molecule has 0 aliphatic carbocycles. The highest BCUT2D eigenvalue weighted by Crippen LogP contribution is 2.51. The predicted octanol–water partition coefficient (Wildman–Crippen LogP) is 6.55. The molecule has 2 atom stereocenters. The highest BCUT2D eigenvalue weighted by molar-refractivity contribution is 7.92. The predicted molar refractivity (Wildman–Crippen MR) is 164 cm³/mol. The van der Waals surface area contributed by atoms with Crippen molar-refractivity contribution in [2.75, 3.05) is 0 Å². The smallest absolute Gasteiger partial charge is 0.211 e. The van der Waals surface area contributed by atoms with Crippen molar-refractivity contribution < 1.29 is 16.8 Å². The minimum atomic E-state index is -4.18. The summed E-state index contributed by atoms with van der Waals surface area (Å²) in [5, 5.41) is 0. The summed E-state index contributed by atoms with van der Waals surface area (Å²) in [6.45, 7) is 8.60. The molecule has 41 heavy (non-hydrogen) atoms. The van der Waals surface area contributed by atoms with Gasteiger partial charge in [0.25, 0.3) is 0 Å². The maximum absolute atomic E-state index is 14.6. The van der Waals surface area contributed by atoms with E-state index in [9.17, 15) is 16.8 Å². The molecule has 210 valence electrons. The van der Waals surface area contributed by atoms with E-state index in [4.69, 9.17) is 0 Å². The molecule has 9 heteroatoms. The van der Waals surface area contributed by atoms with Crippen LogP contribution in [0.15, 0.2) is 131 Å². The molecule has 6 nitrogen and oxygen atoms in total. The molecule has 0 saturated carbocycles. The third kappa shape index (κ3) is 5.55. The van der Waals surface area contributed by atoms with Gasteiger partial charge in [0.15, 0.2) is 0 Å². The van der Waals surface area contributed by atoms with Gasteiger partial charge in [-0.05, 0) is 62.5 Å². The topological polar surface area (TPSA) is 74.8 Å². The van der Waals surface area contributed by atoms with Gasteiger partial charge in [0.2, 0.25) is 20.0 Å². The van der Waals surface area contributed by atoms with Crippen molar-refractivity contribution in [3.63, 3.8) is 0 Å². The van der Waals surface area contributed by atoms with E-state index in [0.717, 1.165) is 11.1 Å². The van der Waals surface area contributed by atoms with Crippen LogP contribution in [0.2, 0.25) is 6.32 Å². The molecule has 4 aromatic carbocycles. The minimum absolute atomic E-state index is 0.108. The first-order valence-corrected chi connectivity index (χ1v) is 16.3. The SMILES string of the molecule is C=C(C)CB1N(S(=O)(=O)c2ccc(C)cc2)[C@H](c2ccccc2)[C@@H](c2ccccc2)N1S(=O)(=O)c1ccc(C)cc1. The lowest BCUT2D eigenvalue weighted by atomic mass is 9.71. The Labute approximate surface area is 244 Å². The molecule has 5 rings (SSSR count). The van der Waals surface area contributed by atoms with Gasteiger partial charge >= 0.3 is 6.98 Å². The molecule has 0 spiro atoms. The molecule has 1 heterocycles. The largest absolute Gasteiger partial charge is 0.347 e. The second-order valence-corrected chi connectivity index (χ2v) is 14.3. The number of sulfonamides is 2. The average molecular weight is 585 g/mol. The maximum atomic E-state index is 14.6. The Kier molecular flexibility index (Phi) is 8.07. The Bertz CT molecular complexity index is 1620. The van der Waals surface area contributed by atoms with Crippen LogP contribution in [0.3, 0.4) is 0 Å². The standard InChI is InChI=1S/C32H33BN2O4S2/c1-24(2)23-33-34(40(36,37)29-19-15-25(3)16-20-29)31(27-11-7-5-8-12-27)32(28-13-9-6-10-14-28)35(33)41(38,39)30-21-17-26(4)18-22-30/h5-22,31-32H,1,23H2,2-4H3/t31-,32-/m1/s1. The summed E-state index contributed by atoms with van der Waals surface area (Å²) in [4.78, 5) is 0.217. The fraction of sp³-hybridized carbons (Fsp3) is 0.188. The number of benzene rings is 4. The average Bonchev–Trinajstić information content (AvgIpc) is 3.30. The third-order valence-electron chi connectivity index (χ3n) is 7.44. The molecule has 0 radical (unpaired) electrons. The van der Waals surface area contributed by atoms with E-state index < -0.39 is 39.1 Å². The van der Waals surface area contributed by atoms with Crippen molar-refractivity contribution >= 4 is 27.0 Å². The van der Waals surface area contributed by atoms with E-state index in [1.165, 1.54) is 8.43 Å². The lowest BCUT2D eigenvalue weighted by Crippen LogP contribution is -2.49. The first kappa shape index (κ1) is 29.0. The maximum Gasteiger partial charge on any atom is 0.347 e. The number of allylic oxidation sites excluding steroid dienone is 1. The lowest BCUT2D eigenvalue weighted by Gasteiger charge is -2.30. The van der Waals surface area contributed by atoms with Gasteiger partial charge in [-0.15, -0.1) is 6.58 Å². The van der Waals surface area contributed by atoms with E-state index in [1.54, 1.807) is 55.5 Å². The first-order chi connectivity index (χ1) is 19.5. The summed E-state index contributed by atoms with van der Waals surface area (Å²) in [7, 11) is -8.37. The quantitative estimate of drug-likeness (QED) is 0.174. The molecule has 4 aromatic rings. The molecule has 1 saturated heterocycles. The molecule has 0 amide bonds. The van der Waals surface area contributed by atoms with E-state index >= 15 is 0 Å². The van der Waals surface area contributed by atoms with Crippen LogP contribution in [0.5, 0.6) is 0 Å². The van der Waals surface area contributed by atoms with Crippen molar-refractivity contribution in [2.45, 2.75) is 49.0 Å². The second kappa shape index (κ2) is 11.4. The minimum Gasteiger partial charge on any atom is -0.211 e. The second-order valence-electron chi connectivity index (χ2n) is 10.6. The van der Waals surface area contributed by atoms with Crippen LogP contribution in [-0.2, 0) is 20.0 Å². The molecule has 0 aromatic heterocycles. The van der Waals surface area contributed by atoms with Crippen LogP contribution in [0.25, 0.3) is 0 Å². The van der Waals surface area contributed by atoms with Gasteiger partial charge < -0.3 is 0 Å². The fourth-order valence-electron chi connectivity index (χ4n) is 5.50. The molecule has 1 aliphatic rings. The van der Waals surface area contributed by atoms with Gasteiger partial charge in [-0.25, -0.2) is 25.3 Å². The molecular weight excluding hydrogens is 551 g/mol. The summed E-state index contributed by atoms with van der Waals surface area (Å²) in [6.07, 6.45) is 0.128. The van der Waals surface area contributed by atoms with Gasteiger partial charge in [-0.3, -0.25) is 0 Å². The van der Waals surface area contributed by atoms with Crippen molar-refractivity contribution in [3.8, 4) is 0 Å². The molecule has 0 bridgehead atoms. The normalized spacial score (nSPS) is 18.5. The molecular formula is C32H33BN2O4S2. The van der Waals surface area contributed by atoms with Crippen LogP contribution in [0, 0.1) is 13.8 Å². The van der Waals surface area contributed by atoms with Crippen molar-refractivity contribution in [3.05, 3.63) is 144 Å². The van der Waals surface area contributed by atoms with Gasteiger partial charge in [-0.1, -0.05) is 102 Å². The Morgan fingerprint density at radius 3 is 1.29 bits per heavy atom. The third-order valence-corrected chi connectivity index (χ3v) is 11.2. The Morgan fingerprint density at radius 2 is 0.976 bits per heavy atom. The molecule has 0 unspecified atom stereocenters. The summed E-state index contributed by atoms with van der Waals surface area (Å²) < 4.78 is 61.3. The summed E-state index contributed by atoms with van der Waals surface area (Å²) in [5.41, 5.74) is 3.92. The fourth-order valence-corrected chi connectivity index (χ4v) is 9.07. The van der Waals surface area contributed by atoms with E-state index in [0.29, 0.717) is 16.7 Å². The van der Waals surface area contributed by atoms with Crippen molar-refractivity contribution in [1.29, 1.82) is 0 Å². The number of nitrogens with zero attached hydrogens (tertiary/aromatic N) is 2. The van der Waals surface area contributed by atoms with Crippen LogP contribution >= 0.6 is 0 Å². The monoisotopic (exact) mass is 584 g/mol. The zero-order valence-electron chi connectivity index (χ0n) is 23.4. The van der Waals surface area contributed by atoms with Crippen LogP contribution in [0.4, 0.5) is 0 Å². The van der Waals surface area contributed by atoms with Crippen LogP contribution in [0.1, 0.15) is 41.3 Å². The Hall–Kier alpha value is -3.50. The van der Waals surface area contributed by atoms with Gasteiger partial charge in [-0.2, -0.15) is 0 Å². The van der Waals surface area contributed by atoms with Crippen LogP contribution < -0.4 is 0 Å². The zero-order chi connectivity index (χ0) is 29.4. The number of hydrogen-bond donors (Lipinski definition) is 0. The summed E-state index contributed by atoms with van der Waals surface area (Å²) >= 11 is 0. The van der Waals surface area contributed by atoms with E-state index in [2.05, 4.69) is 6.58 Å². The zero-order valence-corrected chi connectivity index (χ0v) is 25.0. The number of rotatable bonds is 8. The van der Waals surface area contributed by atoms with Crippen molar-refractivity contribution in [1.82, 2.24) is 8.43 Å². The summed E-state index contributed by atoms with van der Waals surface area (Å²) in [5.74, 6) is 0. The lowest BCUT2D eigenvalue weighted by molar-refractivity contribution is 0.377. The van der Waals surface area contributed by atoms with Gasteiger partial charge in [0.05, 0.1) is 21.9 Å². The van der Waals surface area contributed by atoms with E-state index in [-0.39, 0.29) is 16.1 Å². The molecule has 1 fully saturated rings. The van der Waals surface area contributed by atoms with Gasteiger partial charge in [0.1, 0.15) is 0 Å². The summed E-state index contributed by atoms with van der Waals surface area (Å²) in [6, 6.07) is 30.2. The number of hydrogen-bond acceptors (Lipinski definition) is 4. The highest BCUT2D eigenvalue weighted by atomic mass is 32.2.